The Morgan fingerprint density at radius 2 is 0.537 bits per heavy atom. The van der Waals surface area contributed by atoms with Gasteiger partial charge in [0.05, 0.1) is 11.0 Å². The first-order chi connectivity index (χ1) is 33.2. The molecular formula is C63H40N4. The zero-order valence-electron chi connectivity index (χ0n) is 36.4. The second-order valence-electron chi connectivity index (χ2n) is 17.2. The van der Waals surface area contributed by atoms with Gasteiger partial charge in [-0.05, 0) is 90.0 Å². The molecule has 0 spiro atoms. The van der Waals surface area contributed by atoms with E-state index in [1.54, 1.807) is 0 Å². The van der Waals surface area contributed by atoms with Crippen LogP contribution in [0.1, 0.15) is 0 Å². The van der Waals surface area contributed by atoms with Gasteiger partial charge in [0.1, 0.15) is 0 Å². The second-order valence-corrected chi connectivity index (χ2v) is 17.2. The van der Waals surface area contributed by atoms with Gasteiger partial charge in [-0.2, -0.15) is 0 Å². The highest BCUT2D eigenvalue weighted by atomic mass is 15.0. The first-order valence-electron chi connectivity index (χ1n) is 22.8. The molecule has 67 heavy (non-hydrogen) atoms. The number of para-hydroxylation sites is 1. The lowest BCUT2D eigenvalue weighted by Gasteiger charge is -2.14. The Kier molecular flexibility index (Phi) is 9.14. The van der Waals surface area contributed by atoms with E-state index in [-0.39, 0.29) is 0 Å². The summed E-state index contributed by atoms with van der Waals surface area (Å²) in [5.41, 5.74) is 13.1. The first-order valence-corrected chi connectivity index (χ1v) is 22.8. The van der Waals surface area contributed by atoms with E-state index >= 15 is 0 Å². The summed E-state index contributed by atoms with van der Waals surface area (Å²) in [5.74, 6) is 1.85. The van der Waals surface area contributed by atoms with Crippen molar-refractivity contribution in [2.75, 3.05) is 0 Å². The SMILES string of the molecule is c1ccc(-c2ccc(-c3ccc(-c4nc(-c5ccc(-c6ccccc6)cc5)nc(-c5ccc6c7ccccc7n(-c7ccc8c9ccccc9c9ccccc9c8c7)c6c5)n4)cc3)cc2)cc1. The largest absolute Gasteiger partial charge is 0.309 e. The van der Waals surface area contributed by atoms with Crippen molar-refractivity contribution in [2.24, 2.45) is 0 Å². The summed E-state index contributed by atoms with van der Waals surface area (Å²) in [4.78, 5) is 15.6. The number of nitrogens with zero attached hydrogens (tertiary/aromatic N) is 4. The Morgan fingerprint density at radius 1 is 0.209 bits per heavy atom. The molecule has 2 aromatic heterocycles. The van der Waals surface area contributed by atoms with Crippen LogP contribution in [0.15, 0.2) is 243 Å². The van der Waals surface area contributed by atoms with E-state index in [4.69, 9.17) is 15.0 Å². The summed E-state index contributed by atoms with van der Waals surface area (Å²) in [6, 6.07) is 86.5. The van der Waals surface area contributed by atoms with Crippen LogP contribution in [-0.2, 0) is 0 Å². The van der Waals surface area contributed by atoms with Crippen molar-refractivity contribution in [3.63, 3.8) is 0 Å². The highest BCUT2D eigenvalue weighted by Crippen LogP contribution is 2.40. The van der Waals surface area contributed by atoms with Crippen LogP contribution in [-0.4, -0.2) is 19.5 Å². The summed E-state index contributed by atoms with van der Waals surface area (Å²) in [6.45, 7) is 0. The van der Waals surface area contributed by atoms with Crippen LogP contribution in [0.3, 0.4) is 0 Å². The maximum Gasteiger partial charge on any atom is 0.164 e. The molecule has 11 aromatic carbocycles. The molecule has 0 fully saturated rings. The van der Waals surface area contributed by atoms with E-state index in [2.05, 4.69) is 235 Å². The minimum absolute atomic E-state index is 0.613. The Morgan fingerprint density at radius 3 is 1.03 bits per heavy atom. The van der Waals surface area contributed by atoms with Crippen molar-refractivity contribution in [3.05, 3.63) is 243 Å². The van der Waals surface area contributed by atoms with Crippen LogP contribution >= 0.6 is 0 Å². The van der Waals surface area contributed by atoms with E-state index in [1.165, 1.54) is 54.2 Å². The van der Waals surface area contributed by atoms with Crippen LogP contribution < -0.4 is 0 Å². The predicted octanol–water partition coefficient (Wildman–Crippen LogP) is 16.4. The van der Waals surface area contributed by atoms with Crippen LogP contribution in [0.4, 0.5) is 0 Å². The number of hydrogen-bond donors (Lipinski definition) is 0. The molecule has 0 aliphatic heterocycles. The van der Waals surface area contributed by atoms with E-state index in [1.807, 2.05) is 12.1 Å². The van der Waals surface area contributed by atoms with Gasteiger partial charge >= 0.3 is 0 Å². The van der Waals surface area contributed by atoms with Crippen molar-refractivity contribution in [1.82, 2.24) is 19.5 Å². The van der Waals surface area contributed by atoms with Crippen molar-refractivity contribution < 1.29 is 0 Å². The van der Waals surface area contributed by atoms with Gasteiger partial charge in [0.15, 0.2) is 17.5 Å². The topological polar surface area (TPSA) is 43.6 Å². The van der Waals surface area contributed by atoms with Crippen molar-refractivity contribution >= 4 is 54.1 Å². The van der Waals surface area contributed by atoms with Gasteiger partial charge in [-0.3, -0.25) is 0 Å². The lowest BCUT2D eigenvalue weighted by atomic mass is 9.94. The molecule has 4 heteroatoms. The molecule has 0 atom stereocenters. The normalized spacial score (nSPS) is 11.6. The molecule has 0 unspecified atom stereocenters. The minimum atomic E-state index is 0.613. The van der Waals surface area contributed by atoms with E-state index in [9.17, 15) is 0 Å². The van der Waals surface area contributed by atoms with Crippen LogP contribution in [0.2, 0.25) is 0 Å². The van der Waals surface area contributed by atoms with Crippen molar-refractivity contribution in [3.8, 4) is 73.2 Å². The Balaban J connectivity index is 0.952. The molecule has 13 rings (SSSR count). The molecule has 0 aliphatic carbocycles. The molecule has 4 nitrogen and oxygen atoms in total. The smallest absolute Gasteiger partial charge is 0.164 e. The first kappa shape index (κ1) is 38.5. The standard InChI is InChI=1S/C63H40N4/c1-3-13-41(14-4-1)43-23-25-45(26-24-43)46-29-33-48(34-30-46)62-64-61(47-31-27-44(28-32-47)42-15-5-2-6-16-42)65-63(66-62)49-35-37-57-56-21-11-12-22-59(56)67(60(57)39-49)50-36-38-55-53-19-8-7-17-51(53)52-18-9-10-20-54(52)58(55)40-50/h1-40H. The summed E-state index contributed by atoms with van der Waals surface area (Å²) in [7, 11) is 0. The van der Waals surface area contributed by atoms with Crippen LogP contribution in [0, 0.1) is 0 Å². The highest BCUT2D eigenvalue weighted by Gasteiger charge is 2.18. The fourth-order valence-electron chi connectivity index (χ4n) is 9.93. The molecule has 0 N–H and O–H groups in total. The fraction of sp³-hybridized carbons (Fsp3) is 0. The molecule has 0 amide bonds. The average molecular weight is 853 g/mol. The number of aromatic nitrogens is 4. The third-order valence-corrected chi connectivity index (χ3v) is 13.3. The number of hydrogen-bond acceptors (Lipinski definition) is 3. The Bertz CT molecular complexity index is 3950. The van der Waals surface area contributed by atoms with Gasteiger partial charge in [-0.1, -0.05) is 218 Å². The zero-order valence-corrected chi connectivity index (χ0v) is 36.4. The lowest BCUT2D eigenvalue weighted by molar-refractivity contribution is 1.07. The van der Waals surface area contributed by atoms with E-state index < -0.39 is 0 Å². The van der Waals surface area contributed by atoms with Crippen molar-refractivity contribution in [2.45, 2.75) is 0 Å². The van der Waals surface area contributed by atoms with Gasteiger partial charge in [-0.25, -0.2) is 15.0 Å². The van der Waals surface area contributed by atoms with Gasteiger partial charge in [-0.15, -0.1) is 0 Å². The molecule has 0 saturated heterocycles. The molecule has 0 radical (unpaired) electrons. The minimum Gasteiger partial charge on any atom is -0.309 e. The predicted molar refractivity (Wildman–Crippen MR) is 279 cm³/mol. The number of benzene rings is 11. The van der Waals surface area contributed by atoms with E-state index in [0.29, 0.717) is 17.5 Å². The molecule has 312 valence electrons. The average Bonchev–Trinajstić information content (AvgIpc) is 3.75. The summed E-state index contributed by atoms with van der Waals surface area (Å²) < 4.78 is 2.40. The Hall–Kier alpha value is -8.99. The fourth-order valence-corrected chi connectivity index (χ4v) is 9.93. The van der Waals surface area contributed by atoms with Gasteiger partial charge < -0.3 is 4.57 Å². The molecular weight excluding hydrogens is 813 g/mol. The molecule has 13 aromatic rings. The quantitative estimate of drug-likeness (QED) is 0.150. The third-order valence-electron chi connectivity index (χ3n) is 13.3. The highest BCUT2D eigenvalue weighted by molar-refractivity contribution is 6.25. The Labute approximate surface area is 387 Å². The second kappa shape index (κ2) is 15.9. The molecule has 0 bridgehead atoms. The van der Waals surface area contributed by atoms with E-state index in [0.717, 1.165) is 55.7 Å². The lowest BCUT2D eigenvalue weighted by Crippen LogP contribution is -2.00. The zero-order chi connectivity index (χ0) is 44.3. The molecule has 0 aliphatic rings. The van der Waals surface area contributed by atoms with Gasteiger partial charge in [0.25, 0.3) is 0 Å². The molecule has 0 saturated carbocycles. The van der Waals surface area contributed by atoms with Crippen molar-refractivity contribution in [1.29, 1.82) is 0 Å². The molecule has 2 heterocycles. The number of fused-ring (bicyclic) bond motifs is 9. The van der Waals surface area contributed by atoms with Crippen LogP contribution in [0.25, 0.3) is 127 Å². The van der Waals surface area contributed by atoms with Crippen LogP contribution in [0.5, 0.6) is 0 Å². The van der Waals surface area contributed by atoms with Gasteiger partial charge in [0.2, 0.25) is 0 Å². The summed E-state index contributed by atoms with van der Waals surface area (Å²) >= 11 is 0. The summed E-state index contributed by atoms with van der Waals surface area (Å²) in [5, 5.41) is 9.87. The maximum atomic E-state index is 5.25. The monoisotopic (exact) mass is 852 g/mol. The van der Waals surface area contributed by atoms with Gasteiger partial charge in [0, 0.05) is 33.2 Å². The summed E-state index contributed by atoms with van der Waals surface area (Å²) in [6.07, 6.45) is 0. The number of rotatable bonds is 7. The third kappa shape index (κ3) is 6.74. The maximum absolute atomic E-state index is 5.25.